The molecule has 0 bridgehead atoms. The maximum absolute atomic E-state index is 12.6. The van der Waals surface area contributed by atoms with E-state index in [0.29, 0.717) is 5.56 Å². The predicted molar refractivity (Wildman–Crippen MR) is 84.3 cm³/mol. The van der Waals surface area contributed by atoms with Crippen LogP contribution in [0.1, 0.15) is 11.3 Å². The van der Waals surface area contributed by atoms with Crippen LogP contribution in [0.4, 0.5) is 13.2 Å². The number of alkyl halides is 3. The molecule has 1 saturated heterocycles. The molecule has 2 heterocycles. The summed E-state index contributed by atoms with van der Waals surface area (Å²) in [6.07, 6.45) is -5.06. The fourth-order valence-electron chi connectivity index (χ4n) is 2.39. The van der Waals surface area contributed by atoms with E-state index in [1.54, 1.807) is 30.3 Å². The number of benzene rings is 1. The molecule has 5 nitrogen and oxygen atoms in total. The maximum Gasteiger partial charge on any atom is 0.433 e. The number of ether oxygens (including phenoxy) is 1. The first-order valence-corrected chi connectivity index (χ1v) is 9.07. The molecule has 0 aliphatic carbocycles. The quantitative estimate of drug-likeness (QED) is 0.810. The number of aromatic nitrogens is 1. The van der Waals surface area contributed by atoms with Crippen LogP contribution in [0.5, 0.6) is 5.88 Å². The third kappa shape index (κ3) is 4.29. The lowest BCUT2D eigenvalue weighted by Gasteiger charge is -2.37. The van der Waals surface area contributed by atoms with Crippen molar-refractivity contribution >= 4 is 10.0 Å². The average Bonchev–Trinajstić information content (AvgIpc) is 2.50. The van der Waals surface area contributed by atoms with Crippen LogP contribution in [0, 0.1) is 0 Å². The molecule has 9 heteroatoms. The zero-order valence-electron chi connectivity index (χ0n) is 13.0. The Hall–Kier alpha value is -2.13. The SMILES string of the molecule is O=S(=O)(Cc1ccccc1)N1CC(Oc2cccc(C(F)(F)F)n2)C1. The molecule has 1 aliphatic heterocycles. The van der Waals surface area contributed by atoms with Crippen molar-refractivity contribution in [1.82, 2.24) is 9.29 Å². The van der Waals surface area contributed by atoms with Crippen LogP contribution in [-0.2, 0) is 22.0 Å². The van der Waals surface area contributed by atoms with Gasteiger partial charge in [-0.3, -0.25) is 0 Å². The summed E-state index contributed by atoms with van der Waals surface area (Å²) in [5.74, 6) is -0.289. The van der Waals surface area contributed by atoms with Gasteiger partial charge >= 0.3 is 6.18 Å². The smallest absolute Gasteiger partial charge is 0.433 e. The molecule has 0 unspecified atom stereocenters. The summed E-state index contributed by atoms with van der Waals surface area (Å²) in [6.45, 7) is 0.181. The molecular weight excluding hydrogens is 357 g/mol. The highest BCUT2D eigenvalue weighted by Gasteiger charge is 2.38. The summed E-state index contributed by atoms with van der Waals surface area (Å²) in [4.78, 5) is 3.41. The Morgan fingerprint density at radius 2 is 1.76 bits per heavy atom. The second-order valence-electron chi connectivity index (χ2n) is 5.66. The highest BCUT2D eigenvalue weighted by molar-refractivity contribution is 7.88. The second-order valence-corrected chi connectivity index (χ2v) is 7.63. The highest BCUT2D eigenvalue weighted by Crippen LogP contribution is 2.29. The van der Waals surface area contributed by atoms with E-state index in [2.05, 4.69) is 4.98 Å². The standard InChI is InChI=1S/C16H15F3N2O3S/c17-16(18,19)14-7-4-8-15(20-14)24-13-9-21(10-13)25(22,23)11-12-5-2-1-3-6-12/h1-8,13H,9-11H2. The Morgan fingerprint density at radius 3 is 2.40 bits per heavy atom. The lowest BCUT2D eigenvalue weighted by Crippen LogP contribution is -2.56. The van der Waals surface area contributed by atoms with Gasteiger partial charge < -0.3 is 4.74 Å². The van der Waals surface area contributed by atoms with Gasteiger partial charge in [0.15, 0.2) is 0 Å². The van der Waals surface area contributed by atoms with Crippen LogP contribution in [0.3, 0.4) is 0 Å². The summed E-state index contributed by atoms with van der Waals surface area (Å²) < 4.78 is 69.0. The molecule has 0 radical (unpaired) electrons. The number of nitrogens with zero attached hydrogens (tertiary/aromatic N) is 2. The zero-order valence-corrected chi connectivity index (χ0v) is 13.8. The van der Waals surface area contributed by atoms with Gasteiger partial charge in [-0.1, -0.05) is 36.4 Å². The first kappa shape index (κ1) is 17.7. The molecule has 0 N–H and O–H groups in total. The van der Waals surface area contributed by atoms with E-state index >= 15 is 0 Å². The van der Waals surface area contributed by atoms with Crippen LogP contribution >= 0.6 is 0 Å². The van der Waals surface area contributed by atoms with Gasteiger partial charge in [0.25, 0.3) is 0 Å². The van der Waals surface area contributed by atoms with Crippen molar-refractivity contribution in [2.75, 3.05) is 13.1 Å². The normalized spacial score (nSPS) is 16.4. The Balaban J connectivity index is 1.58. The monoisotopic (exact) mass is 372 g/mol. The predicted octanol–water partition coefficient (Wildman–Crippen LogP) is 2.69. The Labute approximate surface area is 143 Å². The summed E-state index contributed by atoms with van der Waals surface area (Å²) in [7, 11) is -3.48. The van der Waals surface area contributed by atoms with Crippen molar-refractivity contribution in [2.24, 2.45) is 0 Å². The Morgan fingerprint density at radius 1 is 1.08 bits per heavy atom. The summed E-state index contributed by atoms with van der Waals surface area (Å²) in [5.41, 5.74) is -0.371. The largest absolute Gasteiger partial charge is 0.472 e. The lowest BCUT2D eigenvalue weighted by molar-refractivity contribution is -0.141. The number of pyridine rings is 1. The lowest BCUT2D eigenvalue weighted by atomic mass is 10.2. The van der Waals surface area contributed by atoms with Gasteiger partial charge in [0.05, 0.1) is 18.8 Å². The first-order chi connectivity index (χ1) is 11.7. The van der Waals surface area contributed by atoms with Crippen molar-refractivity contribution in [3.63, 3.8) is 0 Å². The van der Waals surface area contributed by atoms with Crippen molar-refractivity contribution < 1.29 is 26.3 Å². The molecule has 2 aromatic rings. The number of rotatable bonds is 5. The summed E-state index contributed by atoms with van der Waals surface area (Å²) >= 11 is 0. The Bertz CT molecular complexity index is 835. The minimum atomic E-state index is -4.55. The van der Waals surface area contributed by atoms with Gasteiger partial charge in [-0.15, -0.1) is 0 Å². The molecule has 1 aliphatic rings. The molecule has 1 fully saturated rings. The number of halogens is 3. The third-order valence-corrected chi connectivity index (χ3v) is 5.48. The fraction of sp³-hybridized carbons (Fsp3) is 0.312. The van der Waals surface area contributed by atoms with Crippen LogP contribution in [0.25, 0.3) is 0 Å². The molecule has 0 saturated carbocycles. The molecule has 0 spiro atoms. The van der Waals surface area contributed by atoms with Gasteiger partial charge in [0, 0.05) is 6.07 Å². The van der Waals surface area contributed by atoms with Gasteiger partial charge in [0.2, 0.25) is 15.9 Å². The zero-order chi connectivity index (χ0) is 18.1. The topological polar surface area (TPSA) is 59.5 Å². The van der Waals surface area contributed by atoms with Crippen molar-refractivity contribution in [2.45, 2.75) is 18.0 Å². The van der Waals surface area contributed by atoms with E-state index in [4.69, 9.17) is 4.74 Å². The maximum atomic E-state index is 12.6. The highest BCUT2D eigenvalue weighted by atomic mass is 32.2. The minimum Gasteiger partial charge on any atom is -0.472 e. The van der Waals surface area contributed by atoms with E-state index in [9.17, 15) is 21.6 Å². The average molecular weight is 372 g/mol. The van der Waals surface area contributed by atoms with E-state index in [1.807, 2.05) is 0 Å². The molecule has 0 amide bonds. The molecule has 0 atom stereocenters. The minimum absolute atomic E-state index is 0.0904. The van der Waals surface area contributed by atoms with Crippen LogP contribution in [0.15, 0.2) is 48.5 Å². The van der Waals surface area contributed by atoms with Crippen LogP contribution in [-0.4, -0.2) is 36.9 Å². The number of hydrogen-bond donors (Lipinski definition) is 0. The first-order valence-electron chi connectivity index (χ1n) is 7.47. The van der Waals surface area contributed by atoms with Gasteiger partial charge in [-0.25, -0.2) is 13.4 Å². The second kappa shape index (κ2) is 6.64. The third-order valence-electron chi connectivity index (χ3n) is 3.70. The summed E-state index contributed by atoms with van der Waals surface area (Å²) in [5, 5.41) is 0. The molecule has 25 heavy (non-hydrogen) atoms. The van der Waals surface area contributed by atoms with E-state index < -0.39 is 28.0 Å². The summed E-state index contributed by atoms with van der Waals surface area (Å²) in [6, 6.07) is 12.1. The van der Waals surface area contributed by atoms with Gasteiger partial charge in [-0.2, -0.15) is 17.5 Å². The van der Waals surface area contributed by atoms with Crippen molar-refractivity contribution in [1.29, 1.82) is 0 Å². The number of sulfonamides is 1. The van der Waals surface area contributed by atoms with E-state index in [-0.39, 0.29) is 24.7 Å². The van der Waals surface area contributed by atoms with E-state index in [0.717, 1.165) is 6.07 Å². The molecule has 1 aromatic heterocycles. The molecule has 1 aromatic carbocycles. The van der Waals surface area contributed by atoms with Crippen molar-refractivity contribution in [3.05, 3.63) is 59.8 Å². The van der Waals surface area contributed by atoms with E-state index in [1.165, 1.54) is 16.4 Å². The van der Waals surface area contributed by atoms with Crippen LogP contribution < -0.4 is 4.74 Å². The Kier molecular flexibility index (Phi) is 4.70. The molecule has 3 rings (SSSR count). The number of hydrogen-bond acceptors (Lipinski definition) is 4. The van der Waals surface area contributed by atoms with Crippen LogP contribution in [0.2, 0.25) is 0 Å². The van der Waals surface area contributed by atoms with Gasteiger partial charge in [0.1, 0.15) is 11.8 Å². The molecular formula is C16H15F3N2O3S. The van der Waals surface area contributed by atoms with Gasteiger partial charge in [-0.05, 0) is 11.6 Å². The van der Waals surface area contributed by atoms with Crippen molar-refractivity contribution in [3.8, 4) is 5.88 Å². The fourth-order valence-corrected chi connectivity index (χ4v) is 3.97. The molecule has 134 valence electrons.